The monoisotopic (exact) mass is 166 g/mol. The van der Waals surface area contributed by atoms with Crippen molar-refractivity contribution in [1.29, 1.82) is 0 Å². The zero-order valence-corrected chi connectivity index (χ0v) is 6.90. The van der Waals surface area contributed by atoms with Crippen LogP contribution in [0, 0.1) is 0 Å². The van der Waals surface area contributed by atoms with Gasteiger partial charge in [-0.1, -0.05) is 24.3 Å². The number of benzene rings is 1. The summed E-state index contributed by atoms with van der Waals surface area (Å²) in [5.41, 5.74) is 12.9. The summed E-state index contributed by atoms with van der Waals surface area (Å²) in [6, 6.07) is 7.34. The van der Waals surface area contributed by atoms with E-state index in [0.29, 0.717) is 6.54 Å². The molecule has 0 saturated heterocycles. The molecule has 0 spiro atoms. The molecule has 66 valence electrons. The van der Waals surface area contributed by atoms with Gasteiger partial charge in [-0.15, -0.1) is 0 Å². The highest BCUT2D eigenvalue weighted by molar-refractivity contribution is 5.29. The number of nitrogens with two attached hydrogens (primary N) is 2. The first-order chi connectivity index (χ1) is 5.79. The number of rotatable bonds is 3. The maximum absolute atomic E-state index is 8.97. The summed E-state index contributed by atoms with van der Waals surface area (Å²) < 4.78 is 0. The van der Waals surface area contributed by atoms with Gasteiger partial charge in [0.2, 0.25) is 0 Å². The molecule has 3 nitrogen and oxygen atoms in total. The Bertz CT molecular complexity index is 250. The van der Waals surface area contributed by atoms with E-state index in [1.165, 1.54) is 0 Å². The van der Waals surface area contributed by atoms with E-state index in [2.05, 4.69) is 0 Å². The molecule has 3 heteroatoms. The zero-order valence-electron chi connectivity index (χ0n) is 6.90. The first-order valence-electron chi connectivity index (χ1n) is 3.94. The van der Waals surface area contributed by atoms with Crippen LogP contribution < -0.4 is 11.5 Å². The van der Waals surface area contributed by atoms with Crippen LogP contribution in [-0.2, 0) is 6.61 Å². The van der Waals surface area contributed by atoms with Crippen LogP contribution in [0.2, 0.25) is 0 Å². The fourth-order valence-corrected chi connectivity index (χ4v) is 1.17. The molecule has 0 heterocycles. The van der Waals surface area contributed by atoms with Crippen LogP contribution in [0.1, 0.15) is 17.2 Å². The number of aliphatic hydroxyl groups is 1. The van der Waals surface area contributed by atoms with E-state index >= 15 is 0 Å². The SMILES string of the molecule is NCC(N)c1ccccc1CO. The molecule has 0 aliphatic heterocycles. The maximum atomic E-state index is 8.97. The van der Waals surface area contributed by atoms with E-state index in [0.717, 1.165) is 11.1 Å². The Morgan fingerprint density at radius 1 is 1.33 bits per heavy atom. The Morgan fingerprint density at radius 2 is 2.00 bits per heavy atom. The smallest absolute Gasteiger partial charge is 0.0685 e. The molecule has 0 aromatic heterocycles. The predicted octanol–water partition coefficient (Wildman–Crippen LogP) is 0.137. The second kappa shape index (κ2) is 4.21. The van der Waals surface area contributed by atoms with E-state index in [9.17, 15) is 0 Å². The van der Waals surface area contributed by atoms with E-state index in [1.807, 2.05) is 24.3 Å². The van der Waals surface area contributed by atoms with Crippen molar-refractivity contribution in [3.05, 3.63) is 35.4 Å². The summed E-state index contributed by atoms with van der Waals surface area (Å²) in [6.45, 7) is 0.418. The summed E-state index contributed by atoms with van der Waals surface area (Å²) in [4.78, 5) is 0. The number of hydrogen-bond acceptors (Lipinski definition) is 3. The Balaban J connectivity index is 2.96. The highest BCUT2D eigenvalue weighted by atomic mass is 16.3. The van der Waals surface area contributed by atoms with Crippen molar-refractivity contribution in [2.75, 3.05) is 6.54 Å². The summed E-state index contributed by atoms with van der Waals surface area (Å²) in [6.07, 6.45) is 0. The van der Waals surface area contributed by atoms with Gasteiger partial charge < -0.3 is 16.6 Å². The molecule has 0 aliphatic carbocycles. The minimum Gasteiger partial charge on any atom is -0.392 e. The van der Waals surface area contributed by atoms with Crippen LogP contribution in [0.3, 0.4) is 0 Å². The maximum Gasteiger partial charge on any atom is 0.0685 e. The molecular weight excluding hydrogens is 152 g/mol. The number of hydrogen-bond donors (Lipinski definition) is 3. The molecule has 1 rings (SSSR count). The highest BCUT2D eigenvalue weighted by Gasteiger charge is 2.06. The molecule has 5 N–H and O–H groups in total. The third-order valence-electron chi connectivity index (χ3n) is 1.88. The fourth-order valence-electron chi connectivity index (χ4n) is 1.17. The summed E-state index contributed by atoms with van der Waals surface area (Å²) in [5.74, 6) is 0. The lowest BCUT2D eigenvalue weighted by molar-refractivity contribution is 0.280. The van der Waals surface area contributed by atoms with Crippen molar-refractivity contribution in [3.63, 3.8) is 0 Å². The standard InChI is InChI=1S/C9H14N2O/c10-5-9(11)8-4-2-1-3-7(8)6-12/h1-4,9,12H,5-6,10-11H2. The average Bonchev–Trinajstić information content (AvgIpc) is 2.16. The Kier molecular flexibility index (Phi) is 3.22. The molecular formula is C9H14N2O. The lowest BCUT2D eigenvalue weighted by Gasteiger charge is -2.12. The average molecular weight is 166 g/mol. The van der Waals surface area contributed by atoms with Gasteiger partial charge in [0.25, 0.3) is 0 Å². The topological polar surface area (TPSA) is 72.3 Å². The Morgan fingerprint density at radius 3 is 2.58 bits per heavy atom. The minimum absolute atomic E-state index is 0.0177. The van der Waals surface area contributed by atoms with E-state index in [-0.39, 0.29) is 12.6 Å². The van der Waals surface area contributed by atoms with Gasteiger partial charge in [-0.05, 0) is 11.1 Å². The van der Waals surface area contributed by atoms with E-state index < -0.39 is 0 Å². The van der Waals surface area contributed by atoms with Gasteiger partial charge in [-0.25, -0.2) is 0 Å². The lowest BCUT2D eigenvalue weighted by Crippen LogP contribution is -2.22. The van der Waals surface area contributed by atoms with Gasteiger partial charge in [0.1, 0.15) is 0 Å². The van der Waals surface area contributed by atoms with Gasteiger partial charge >= 0.3 is 0 Å². The van der Waals surface area contributed by atoms with Crippen LogP contribution in [0.15, 0.2) is 24.3 Å². The number of aliphatic hydroxyl groups excluding tert-OH is 1. The van der Waals surface area contributed by atoms with Crippen molar-refractivity contribution >= 4 is 0 Å². The molecule has 0 fully saturated rings. The van der Waals surface area contributed by atoms with Crippen LogP contribution >= 0.6 is 0 Å². The van der Waals surface area contributed by atoms with Crippen LogP contribution in [0.5, 0.6) is 0 Å². The first kappa shape index (κ1) is 9.19. The molecule has 12 heavy (non-hydrogen) atoms. The van der Waals surface area contributed by atoms with E-state index in [4.69, 9.17) is 16.6 Å². The summed E-state index contributed by atoms with van der Waals surface area (Å²) in [7, 11) is 0. The third kappa shape index (κ3) is 1.82. The van der Waals surface area contributed by atoms with Gasteiger partial charge in [0.05, 0.1) is 6.61 Å². The van der Waals surface area contributed by atoms with Crippen molar-refractivity contribution in [2.24, 2.45) is 11.5 Å². The normalized spacial score (nSPS) is 12.9. The molecule has 1 unspecified atom stereocenters. The second-order valence-corrected chi connectivity index (χ2v) is 2.70. The van der Waals surface area contributed by atoms with Crippen LogP contribution in [0.4, 0.5) is 0 Å². The molecule has 0 amide bonds. The van der Waals surface area contributed by atoms with Gasteiger partial charge in [-0.2, -0.15) is 0 Å². The fraction of sp³-hybridized carbons (Fsp3) is 0.333. The third-order valence-corrected chi connectivity index (χ3v) is 1.88. The Hall–Kier alpha value is -0.900. The van der Waals surface area contributed by atoms with Crippen molar-refractivity contribution in [3.8, 4) is 0 Å². The molecule has 0 aliphatic rings. The summed E-state index contributed by atoms with van der Waals surface area (Å²) in [5, 5.41) is 8.97. The van der Waals surface area contributed by atoms with Crippen LogP contribution in [-0.4, -0.2) is 11.7 Å². The minimum atomic E-state index is -0.173. The molecule has 0 radical (unpaired) electrons. The lowest BCUT2D eigenvalue weighted by atomic mass is 10.0. The zero-order chi connectivity index (χ0) is 8.97. The van der Waals surface area contributed by atoms with E-state index in [1.54, 1.807) is 0 Å². The molecule has 1 aromatic rings. The van der Waals surface area contributed by atoms with Gasteiger partial charge in [0, 0.05) is 12.6 Å². The molecule has 0 saturated carbocycles. The predicted molar refractivity (Wildman–Crippen MR) is 48.3 cm³/mol. The molecule has 1 atom stereocenters. The first-order valence-corrected chi connectivity index (χ1v) is 3.94. The van der Waals surface area contributed by atoms with Crippen molar-refractivity contribution in [2.45, 2.75) is 12.6 Å². The highest BCUT2D eigenvalue weighted by Crippen LogP contribution is 2.14. The summed E-state index contributed by atoms with van der Waals surface area (Å²) >= 11 is 0. The molecule has 1 aromatic carbocycles. The quantitative estimate of drug-likeness (QED) is 0.598. The van der Waals surface area contributed by atoms with Crippen molar-refractivity contribution < 1.29 is 5.11 Å². The van der Waals surface area contributed by atoms with Gasteiger partial charge in [-0.3, -0.25) is 0 Å². The van der Waals surface area contributed by atoms with Crippen LogP contribution in [0.25, 0.3) is 0 Å². The Labute approximate surface area is 72.0 Å². The second-order valence-electron chi connectivity index (χ2n) is 2.70. The molecule has 0 bridgehead atoms. The van der Waals surface area contributed by atoms with Crippen molar-refractivity contribution in [1.82, 2.24) is 0 Å². The van der Waals surface area contributed by atoms with Gasteiger partial charge in [0.15, 0.2) is 0 Å². The largest absolute Gasteiger partial charge is 0.392 e.